The number of hydrogen-bond acceptors (Lipinski definition) is 2. The van der Waals surface area contributed by atoms with E-state index in [1.165, 1.54) is 6.07 Å². The molecule has 3 aromatic rings. The van der Waals surface area contributed by atoms with E-state index < -0.39 is 5.82 Å². The number of rotatable bonds is 4. The molecule has 3 rings (SSSR count). The summed E-state index contributed by atoms with van der Waals surface area (Å²) in [7, 11) is 0. The molecule has 0 fully saturated rings. The zero-order valence-corrected chi connectivity index (χ0v) is 14.4. The van der Waals surface area contributed by atoms with Crippen molar-refractivity contribution in [3.05, 3.63) is 64.0 Å². The molecule has 1 amide bonds. The number of nitrogens with one attached hydrogen (secondary N) is 1. The first-order valence-electron chi connectivity index (χ1n) is 7.27. The zero-order chi connectivity index (χ0) is 17.3. The van der Waals surface area contributed by atoms with Crippen LogP contribution in [0.5, 0.6) is 0 Å². The Morgan fingerprint density at radius 3 is 2.83 bits per heavy atom. The Hall–Kier alpha value is -2.47. The molecular weight excluding hydrogens is 375 g/mol. The number of anilines is 1. The summed E-state index contributed by atoms with van der Waals surface area (Å²) in [5.74, 6) is -0.847. The average molecular weight is 389 g/mol. The lowest BCUT2D eigenvalue weighted by Gasteiger charge is -2.09. The van der Waals surface area contributed by atoms with Gasteiger partial charge in [0.15, 0.2) is 6.29 Å². The van der Waals surface area contributed by atoms with Gasteiger partial charge < -0.3 is 9.88 Å². The minimum Gasteiger partial charge on any atom is -0.337 e. The fraction of sp³-hybridized carbons (Fsp3) is 0.111. The molecule has 0 aliphatic carbocycles. The highest BCUT2D eigenvalue weighted by atomic mass is 79.9. The topological polar surface area (TPSA) is 51.1 Å². The van der Waals surface area contributed by atoms with E-state index in [4.69, 9.17) is 0 Å². The fourth-order valence-corrected chi connectivity index (χ4v) is 2.96. The van der Waals surface area contributed by atoms with Crippen molar-refractivity contribution in [1.29, 1.82) is 0 Å². The molecule has 1 heterocycles. The van der Waals surface area contributed by atoms with E-state index in [0.717, 1.165) is 27.2 Å². The van der Waals surface area contributed by atoms with Gasteiger partial charge in [0.1, 0.15) is 12.4 Å². The number of aromatic nitrogens is 1. The van der Waals surface area contributed by atoms with Crippen molar-refractivity contribution in [3.8, 4) is 0 Å². The molecular formula is C18H14BrFN2O2. The summed E-state index contributed by atoms with van der Waals surface area (Å²) >= 11 is 3.37. The van der Waals surface area contributed by atoms with Gasteiger partial charge in [-0.05, 0) is 42.8 Å². The Bertz CT molecular complexity index is 950. The van der Waals surface area contributed by atoms with E-state index >= 15 is 0 Å². The average Bonchev–Trinajstić information content (AvgIpc) is 2.87. The Kier molecular flexibility index (Phi) is 4.49. The second-order valence-electron chi connectivity index (χ2n) is 5.52. The van der Waals surface area contributed by atoms with Crippen LogP contribution in [0, 0.1) is 12.7 Å². The van der Waals surface area contributed by atoms with Crippen LogP contribution in [0.1, 0.15) is 15.9 Å². The van der Waals surface area contributed by atoms with Gasteiger partial charge in [-0.2, -0.15) is 0 Å². The number of aryl methyl sites for hydroxylation is 1. The SMILES string of the molecule is Cc1ccc(F)c(NC(=O)Cn2cc(C=O)c3cc(Br)ccc32)c1. The maximum absolute atomic E-state index is 13.8. The van der Waals surface area contributed by atoms with Crippen molar-refractivity contribution < 1.29 is 14.0 Å². The number of aldehydes is 1. The smallest absolute Gasteiger partial charge is 0.244 e. The molecule has 0 aliphatic heterocycles. The molecule has 24 heavy (non-hydrogen) atoms. The number of hydrogen-bond donors (Lipinski definition) is 1. The monoisotopic (exact) mass is 388 g/mol. The molecule has 0 atom stereocenters. The molecule has 4 nitrogen and oxygen atoms in total. The van der Waals surface area contributed by atoms with Crippen molar-refractivity contribution in [1.82, 2.24) is 4.57 Å². The Morgan fingerprint density at radius 1 is 1.29 bits per heavy atom. The van der Waals surface area contributed by atoms with Gasteiger partial charge in [0, 0.05) is 27.1 Å². The highest BCUT2D eigenvalue weighted by Gasteiger charge is 2.13. The van der Waals surface area contributed by atoms with Crippen LogP contribution in [0.4, 0.5) is 10.1 Å². The van der Waals surface area contributed by atoms with E-state index in [1.807, 2.05) is 25.1 Å². The van der Waals surface area contributed by atoms with Crippen molar-refractivity contribution >= 4 is 44.7 Å². The summed E-state index contributed by atoms with van der Waals surface area (Å²) in [6, 6.07) is 10.0. The predicted molar refractivity (Wildman–Crippen MR) is 94.8 cm³/mol. The molecule has 0 saturated heterocycles. The molecule has 0 bridgehead atoms. The van der Waals surface area contributed by atoms with Gasteiger partial charge in [-0.15, -0.1) is 0 Å². The van der Waals surface area contributed by atoms with Gasteiger partial charge in [-0.1, -0.05) is 22.0 Å². The number of amides is 1. The molecule has 0 aliphatic rings. The number of benzene rings is 2. The first-order chi connectivity index (χ1) is 11.5. The van der Waals surface area contributed by atoms with Gasteiger partial charge in [0.05, 0.1) is 5.69 Å². The summed E-state index contributed by atoms with van der Waals surface area (Å²) in [6.45, 7) is 1.81. The Labute approximate surface area is 146 Å². The van der Waals surface area contributed by atoms with E-state index in [-0.39, 0.29) is 18.1 Å². The minimum absolute atomic E-state index is 0.0145. The van der Waals surface area contributed by atoms with Crippen LogP contribution in [0.25, 0.3) is 10.9 Å². The van der Waals surface area contributed by atoms with E-state index in [2.05, 4.69) is 21.2 Å². The highest BCUT2D eigenvalue weighted by Crippen LogP contribution is 2.24. The second-order valence-corrected chi connectivity index (χ2v) is 6.44. The molecule has 0 saturated carbocycles. The number of carbonyl (C=O) groups is 2. The normalized spacial score (nSPS) is 10.8. The summed E-state index contributed by atoms with van der Waals surface area (Å²) in [6.07, 6.45) is 2.37. The highest BCUT2D eigenvalue weighted by molar-refractivity contribution is 9.10. The van der Waals surface area contributed by atoms with Gasteiger partial charge in [-0.3, -0.25) is 9.59 Å². The van der Waals surface area contributed by atoms with Crippen LogP contribution in [0.3, 0.4) is 0 Å². The molecule has 0 radical (unpaired) electrons. The molecule has 1 aromatic heterocycles. The lowest BCUT2D eigenvalue weighted by Crippen LogP contribution is -2.19. The van der Waals surface area contributed by atoms with E-state index in [9.17, 15) is 14.0 Å². The molecule has 6 heteroatoms. The number of nitrogens with zero attached hydrogens (tertiary/aromatic N) is 1. The number of halogens is 2. The van der Waals surface area contributed by atoms with E-state index in [1.54, 1.807) is 22.9 Å². The van der Waals surface area contributed by atoms with Crippen LogP contribution in [0.2, 0.25) is 0 Å². The maximum Gasteiger partial charge on any atom is 0.244 e. The van der Waals surface area contributed by atoms with Crippen LogP contribution in [-0.2, 0) is 11.3 Å². The third-order valence-electron chi connectivity index (χ3n) is 3.71. The number of fused-ring (bicyclic) bond motifs is 1. The van der Waals surface area contributed by atoms with Crippen molar-refractivity contribution in [2.24, 2.45) is 0 Å². The largest absolute Gasteiger partial charge is 0.337 e. The summed E-state index contributed by atoms with van der Waals surface area (Å²) in [5, 5.41) is 3.33. The van der Waals surface area contributed by atoms with Crippen LogP contribution < -0.4 is 5.32 Å². The Morgan fingerprint density at radius 2 is 2.08 bits per heavy atom. The maximum atomic E-state index is 13.8. The van der Waals surface area contributed by atoms with E-state index in [0.29, 0.717) is 5.56 Å². The van der Waals surface area contributed by atoms with Gasteiger partial charge >= 0.3 is 0 Å². The predicted octanol–water partition coefficient (Wildman–Crippen LogP) is 4.30. The molecule has 1 N–H and O–H groups in total. The molecule has 2 aromatic carbocycles. The van der Waals surface area contributed by atoms with Crippen molar-refractivity contribution in [2.45, 2.75) is 13.5 Å². The third-order valence-corrected chi connectivity index (χ3v) is 4.20. The first kappa shape index (κ1) is 16.4. The van der Waals surface area contributed by atoms with Crippen molar-refractivity contribution in [2.75, 3.05) is 5.32 Å². The summed E-state index contributed by atoms with van der Waals surface area (Å²) in [4.78, 5) is 23.5. The van der Waals surface area contributed by atoms with Crippen LogP contribution in [0.15, 0.2) is 47.1 Å². The Balaban J connectivity index is 1.88. The standard InChI is InChI=1S/C18H14BrFN2O2/c1-11-2-4-15(20)16(6-11)21-18(24)9-22-8-12(10-23)14-7-13(19)3-5-17(14)22/h2-8,10H,9H2,1H3,(H,21,24). The van der Waals surface area contributed by atoms with Crippen LogP contribution in [-0.4, -0.2) is 16.8 Å². The minimum atomic E-state index is -0.483. The zero-order valence-electron chi connectivity index (χ0n) is 12.8. The lowest BCUT2D eigenvalue weighted by molar-refractivity contribution is -0.116. The second kappa shape index (κ2) is 6.57. The van der Waals surface area contributed by atoms with Crippen LogP contribution >= 0.6 is 15.9 Å². The molecule has 0 spiro atoms. The summed E-state index contributed by atoms with van der Waals surface area (Å²) < 4.78 is 16.3. The summed E-state index contributed by atoms with van der Waals surface area (Å²) in [5.41, 5.74) is 2.27. The van der Waals surface area contributed by atoms with Gasteiger partial charge in [0.25, 0.3) is 0 Å². The quantitative estimate of drug-likeness (QED) is 0.677. The molecule has 0 unspecified atom stereocenters. The number of carbonyl (C=O) groups excluding carboxylic acids is 2. The first-order valence-corrected chi connectivity index (χ1v) is 8.07. The molecule has 122 valence electrons. The fourth-order valence-electron chi connectivity index (χ4n) is 2.60. The lowest BCUT2D eigenvalue weighted by atomic mass is 10.2. The van der Waals surface area contributed by atoms with Gasteiger partial charge in [-0.25, -0.2) is 4.39 Å². The third kappa shape index (κ3) is 3.23. The van der Waals surface area contributed by atoms with Crippen molar-refractivity contribution in [3.63, 3.8) is 0 Å². The van der Waals surface area contributed by atoms with Gasteiger partial charge in [0.2, 0.25) is 5.91 Å².